The molecule has 118 valence electrons. The number of carbonyl (C=O) groups excluding carboxylic acids is 1. The van der Waals surface area contributed by atoms with Crippen LogP contribution in [0.25, 0.3) is 0 Å². The van der Waals surface area contributed by atoms with E-state index in [0.29, 0.717) is 24.8 Å². The Balaban J connectivity index is 2.26. The smallest absolute Gasteiger partial charge is 0.320 e. The van der Waals surface area contributed by atoms with E-state index in [9.17, 15) is 4.79 Å². The van der Waals surface area contributed by atoms with Crippen LogP contribution in [0.15, 0.2) is 24.3 Å². The largest absolute Gasteiger partial charge is 0.494 e. The van der Waals surface area contributed by atoms with E-state index in [2.05, 4.69) is 11.8 Å². The van der Waals surface area contributed by atoms with Gasteiger partial charge in [-0.25, -0.2) is 0 Å². The molecule has 0 aliphatic carbocycles. The van der Waals surface area contributed by atoms with Crippen molar-refractivity contribution in [3.63, 3.8) is 0 Å². The van der Waals surface area contributed by atoms with Crippen LogP contribution in [0, 0.1) is 0 Å². The van der Waals surface area contributed by atoms with Gasteiger partial charge in [-0.1, -0.05) is 18.5 Å². The van der Waals surface area contributed by atoms with E-state index in [0.717, 1.165) is 31.7 Å². The minimum atomic E-state index is -0.162. The Morgan fingerprint density at radius 1 is 1.19 bits per heavy atom. The van der Waals surface area contributed by atoms with Gasteiger partial charge in [-0.05, 0) is 50.6 Å². The minimum absolute atomic E-state index is 0.162. The third-order valence-electron chi connectivity index (χ3n) is 2.90. The number of hydrogen-bond acceptors (Lipinski definition) is 4. The van der Waals surface area contributed by atoms with Crippen LogP contribution in [0.3, 0.4) is 0 Å². The maximum Gasteiger partial charge on any atom is 0.320 e. The molecule has 21 heavy (non-hydrogen) atoms. The van der Waals surface area contributed by atoms with Gasteiger partial charge < -0.3 is 9.47 Å². The lowest BCUT2D eigenvalue weighted by Gasteiger charge is -2.20. The highest BCUT2D eigenvalue weighted by molar-refractivity contribution is 6.30. The summed E-state index contributed by atoms with van der Waals surface area (Å²) >= 11 is 5.82. The average molecular weight is 314 g/mol. The fourth-order valence-electron chi connectivity index (χ4n) is 1.98. The lowest BCUT2D eigenvalue weighted by atomic mass is 10.3. The van der Waals surface area contributed by atoms with E-state index >= 15 is 0 Å². The van der Waals surface area contributed by atoms with Gasteiger partial charge in [0.2, 0.25) is 0 Å². The lowest BCUT2D eigenvalue weighted by molar-refractivity contribution is -0.144. The molecule has 0 bridgehead atoms. The van der Waals surface area contributed by atoms with Gasteiger partial charge in [0.1, 0.15) is 5.75 Å². The summed E-state index contributed by atoms with van der Waals surface area (Å²) in [6.07, 6.45) is 1.87. The molecule has 5 heteroatoms. The van der Waals surface area contributed by atoms with E-state index in [1.165, 1.54) is 0 Å². The summed E-state index contributed by atoms with van der Waals surface area (Å²) in [6.45, 7) is 7.02. The molecule has 4 nitrogen and oxygen atoms in total. The third-order valence-corrected chi connectivity index (χ3v) is 3.15. The summed E-state index contributed by atoms with van der Waals surface area (Å²) in [5.41, 5.74) is 0. The second-order valence-corrected chi connectivity index (χ2v) is 5.17. The average Bonchev–Trinajstić information content (AvgIpc) is 2.46. The fraction of sp³-hybridized carbons (Fsp3) is 0.562. The third kappa shape index (κ3) is 7.93. The minimum Gasteiger partial charge on any atom is -0.494 e. The molecule has 0 saturated heterocycles. The van der Waals surface area contributed by atoms with Crippen molar-refractivity contribution in [3.8, 4) is 5.75 Å². The number of ether oxygens (including phenoxy) is 2. The first-order valence-corrected chi connectivity index (χ1v) is 7.79. The maximum atomic E-state index is 11.5. The molecule has 1 aromatic carbocycles. The predicted molar refractivity (Wildman–Crippen MR) is 84.9 cm³/mol. The zero-order chi connectivity index (χ0) is 15.5. The number of benzene rings is 1. The lowest BCUT2D eigenvalue weighted by Crippen LogP contribution is -2.33. The molecule has 0 unspecified atom stereocenters. The maximum absolute atomic E-state index is 11.5. The topological polar surface area (TPSA) is 38.8 Å². The molecule has 1 rings (SSSR count). The molecular formula is C16H24ClNO3. The Morgan fingerprint density at radius 2 is 1.90 bits per heavy atom. The standard InChI is InChI=1S/C16H24ClNO3/c1-3-10-18(13-16(19)20-4-2)11-5-12-21-15-8-6-14(17)7-9-15/h6-9H,3-5,10-13H2,1-2H3. The second kappa shape index (κ2) is 10.5. The van der Waals surface area contributed by atoms with Gasteiger partial charge in [0.05, 0.1) is 19.8 Å². The summed E-state index contributed by atoms with van der Waals surface area (Å²) in [4.78, 5) is 13.6. The van der Waals surface area contributed by atoms with Crippen molar-refractivity contribution in [1.82, 2.24) is 4.90 Å². The van der Waals surface area contributed by atoms with Crippen molar-refractivity contribution in [1.29, 1.82) is 0 Å². The van der Waals surface area contributed by atoms with E-state index in [-0.39, 0.29) is 5.97 Å². The summed E-state index contributed by atoms with van der Waals surface area (Å²) in [7, 11) is 0. The van der Waals surface area contributed by atoms with Gasteiger partial charge in [0, 0.05) is 11.6 Å². The summed E-state index contributed by atoms with van der Waals surface area (Å²) in [6, 6.07) is 7.32. The molecule has 0 saturated carbocycles. The number of hydrogen-bond donors (Lipinski definition) is 0. The molecule has 1 aromatic rings. The van der Waals surface area contributed by atoms with Gasteiger partial charge in [-0.15, -0.1) is 0 Å². The molecule has 0 aliphatic heterocycles. The van der Waals surface area contributed by atoms with Crippen LogP contribution >= 0.6 is 11.6 Å². The molecule has 0 N–H and O–H groups in total. The van der Waals surface area contributed by atoms with Crippen molar-refractivity contribution in [2.24, 2.45) is 0 Å². The van der Waals surface area contributed by atoms with Crippen LogP contribution in [0.1, 0.15) is 26.7 Å². The van der Waals surface area contributed by atoms with Crippen LogP contribution < -0.4 is 4.74 Å². The predicted octanol–water partition coefficient (Wildman–Crippen LogP) is 3.38. The van der Waals surface area contributed by atoms with Crippen LogP contribution in [-0.4, -0.2) is 43.7 Å². The van der Waals surface area contributed by atoms with Gasteiger partial charge in [-0.3, -0.25) is 9.69 Å². The Hall–Kier alpha value is -1.26. The number of rotatable bonds is 10. The number of carbonyl (C=O) groups is 1. The van der Waals surface area contributed by atoms with Crippen molar-refractivity contribution in [2.45, 2.75) is 26.7 Å². The monoisotopic (exact) mass is 313 g/mol. The van der Waals surface area contributed by atoms with Crippen LogP contribution in [-0.2, 0) is 9.53 Å². The van der Waals surface area contributed by atoms with Crippen LogP contribution in [0.5, 0.6) is 5.75 Å². The van der Waals surface area contributed by atoms with Gasteiger partial charge in [0.15, 0.2) is 0 Å². The van der Waals surface area contributed by atoms with Crippen molar-refractivity contribution < 1.29 is 14.3 Å². The van der Waals surface area contributed by atoms with Crippen molar-refractivity contribution in [2.75, 3.05) is 32.8 Å². The van der Waals surface area contributed by atoms with Crippen LogP contribution in [0.2, 0.25) is 5.02 Å². The second-order valence-electron chi connectivity index (χ2n) is 4.74. The first kappa shape index (κ1) is 17.8. The van der Waals surface area contributed by atoms with E-state index < -0.39 is 0 Å². The van der Waals surface area contributed by atoms with Crippen molar-refractivity contribution >= 4 is 17.6 Å². The zero-order valence-corrected chi connectivity index (χ0v) is 13.6. The Morgan fingerprint density at radius 3 is 2.52 bits per heavy atom. The number of nitrogens with zero attached hydrogens (tertiary/aromatic N) is 1. The molecule has 0 heterocycles. The quantitative estimate of drug-likeness (QED) is 0.490. The SMILES string of the molecule is CCCN(CCCOc1ccc(Cl)cc1)CC(=O)OCC. The summed E-state index contributed by atoms with van der Waals surface area (Å²) in [5.74, 6) is 0.649. The number of halogens is 1. The van der Waals surface area contributed by atoms with E-state index in [4.69, 9.17) is 21.1 Å². The molecule has 0 radical (unpaired) electrons. The summed E-state index contributed by atoms with van der Waals surface area (Å²) < 4.78 is 10.6. The number of esters is 1. The van der Waals surface area contributed by atoms with Crippen LogP contribution in [0.4, 0.5) is 0 Å². The van der Waals surface area contributed by atoms with Gasteiger partial charge in [0.25, 0.3) is 0 Å². The Bertz CT molecular complexity index is 408. The van der Waals surface area contributed by atoms with Gasteiger partial charge >= 0.3 is 5.97 Å². The van der Waals surface area contributed by atoms with Gasteiger partial charge in [-0.2, -0.15) is 0 Å². The molecule has 0 spiro atoms. The zero-order valence-electron chi connectivity index (χ0n) is 12.8. The first-order valence-electron chi connectivity index (χ1n) is 7.42. The highest BCUT2D eigenvalue weighted by atomic mass is 35.5. The highest BCUT2D eigenvalue weighted by Gasteiger charge is 2.10. The van der Waals surface area contributed by atoms with E-state index in [1.807, 2.05) is 19.1 Å². The normalized spacial score (nSPS) is 10.7. The summed E-state index contributed by atoms with van der Waals surface area (Å²) in [5, 5.41) is 0.700. The molecule has 0 aliphatic rings. The fourth-order valence-corrected chi connectivity index (χ4v) is 2.11. The first-order chi connectivity index (χ1) is 10.2. The highest BCUT2D eigenvalue weighted by Crippen LogP contribution is 2.15. The molecular weight excluding hydrogens is 290 g/mol. The molecule has 0 atom stereocenters. The molecule has 0 amide bonds. The Labute approximate surface area is 132 Å². The Kier molecular flexibility index (Phi) is 8.87. The molecule has 0 aromatic heterocycles. The molecule has 0 fully saturated rings. The van der Waals surface area contributed by atoms with E-state index in [1.54, 1.807) is 12.1 Å². The van der Waals surface area contributed by atoms with Crippen molar-refractivity contribution in [3.05, 3.63) is 29.3 Å².